The van der Waals surface area contributed by atoms with Gasteiger partial charge in [0.2, 0.25) is 0 Å². The standard InChI is InChI=1S/C10H20N2O4/c1-10(2,16)7-12(4)9(15)11(3)6-5-8(13)14/h16H,5-7H2,1-4H3,(H,13,14). The minimum absolute atomic E-state index is 0.0847. The van der Waals surface area contributed by atoms with Crippen molar-refractivity contribution in [1.82, 2.24) is 9.80 Å². The third-order valence-electron chi connectivity index (χ3n) is 1.94. The number of carbonyl (C=O) groups excluding carboxylic acids is 1. The smallest absolute Gasteiger partial charge is 0.319 e. The molecular formula is C10H20N2O4. The van der Waals surface area contributed by atoms with Crippen molar-refractivity contribution in [2.45, 2.75) is 25.9 Å². The van der Waals surface area contributed by atoms with Gasteiger partial charge in [0.15, 0.2) is 0 Å². The third kappa shape index (κ3) is 6.23. The fraction of sp³-hybridized carbons (Fsp3) is 0.800. The van der Waals surface area contributed by atoms with E-state index in [9.17, 15) is 14.7 Å². The van der Waals surface area contributed by atoms with Gasteiger partial charge in [0.05, 0.1) is 18.6 Å². The van der Waals surface area contributed by atoms with Crippen LogP contribution < -0.4 is 0 Å². The summed E-state index contributed by atoms with van der Waals surface area (Å²) in [7, 11) is 3.10. The number of nitrogens with zero attached hydrogens (tertiary/aromatic N) is 2. The van der Waals surface area contributed by atoms with Crippen LogP contribution in [0.25, 0.3) is 0 Å². The Kier molecular flexibility index (Phi) is 5.23. The average molecular weight is 232 g/mol. The average Bonchev–Trinajstić information content (AvgIpc) is 2.10. The van der Waals surface area contributed by atoms with Crippen LogP contribution in [0.4, 0.5) is 4.79 Å². The van der Waals surface area contributed by atoms with Crippen molar-refractivity contribution in [3.63, 3.8) is 0 Å². The molecule has 2 N–H and O–H groups in total. The minimum atomic E-state index is -0.960. The number of carboxylic acids is 1. The van der Waals surface area contributed by atoms with E-state index in [1.54, 1.807) is 20.9 Å². The van der Waals surface area contributed by atoms with E-state index in [0.717, 1.165) is 0 Å². The highest BCUT2D eigenvalue weighted by molar-refractivity contribution is 5.75. The van der Waals surface area contributed by atoms with Crippen molar-refractivity contribution in [2.24, 2.45) is 0 Å². The molecular weight excluding hydrogens is 212 g/mol. The maximum absolute atomic E-state index is 11.7. The van der Waals surface area contributed by atoms with Gasteiger partial charge < -0.3 is 20.0 Å². The molecule has 0 bridgehead atoms. The molecule has 94 valence electrons. The molecule has 0 fully saturated rings. The monoisotopic (exact) mass is 232 g/mol. The lowest BCUT2D eigenvalue weighted by Crippen LogP contribution is -2.45. The third-order valence-corrected chi connectivity index (χ3v) is 1.94. The van der Waals surface area contributed by atoms with E-state index < -0.39 is 11.6 Å². The van der Waals surface area contributed by atoms with Gasteiger partial charge >= 0.3 is 12.0 Å². The zero-order valence-corrected chi connectivity index (χ0v) is 10.2. The summed E-state index contributed by atoms with van der Waals surface area (Å²) in [4.78, 5) is 24.7. The molecule has 0 aliphatic carbocycles. The van der Waals surface area contributed by atoms with Crippen molar-refractivity contribution < 1.29 is 19.8 Å². The highest BCUT2D eigenvalue weighted by atomic mass is 16.4. The number of carbonyl (C=O) groups is 2. The number of aliphatic hydroxyl groups is 1. The number of hydrogen-bond acceptors (Lipinski definition) is 3. The molecule has 2 amide bonds. The van der Waals surface area contributed by atoms with E-state index >= 15 is 0 Å². The molecule has 0 rings (SSSR count). The molecule has 0 unspecified atom stereocenters. The normalized spacial score (nSPS) is 11.1. The summed E-state index contributed by atoms with van der Waals surface area (Å²) in [5.74, 6) is -0.940. The summed E-state index contributed by atoms with van der Waals surface area (Å²) >= 11 is 0. The fourth-order valence-electron chi connectivity index (χ4n) is 1.30. The van der Waals surface area contributed by atoms with Crippen LogP contribution in [-0.2, 0) is 4.79 Å². The molecule has 0 aliphatic rings. The maximum Gasteiger partial charge on any atom is 0.319 e. The Bertz CT molecular complexity index is 260. The largest absolute Gasteiger partial charge is 0.481 e. The molecule has 0 radical (unpaired) electrons. The first-order valence-corrected chi connectivity index (χ1v) is 5.04. The summed E-state index contributed by atoms with van der Waals surface area (Å²) < 4.78 is 0. The second-order valence-electron chi connectivity index (χ2n) is 4.52. The summed E-state index contributed by atoms with van der Waals surface area (Å²) in [5, 5.41) is 18.0. The molecule has 6 heteroatoms. The van der Waals surface area contributed by atoms with Crippen LogP contribution in [0.15, 0.2) is 0 Å². The molecule has 0 aliphatic heterocycles. The Morgan fingerprint density at radius 1 is 1.19 bits per heavy atom. The van der Waals surface area contributed by atoms with E-state index in [-0.39, 0.29) is 25.5 Å². The zero-order valence-electron chi connectivity index (χ0n) is 10.2. The van der Waals surface area contributed by atoms with Gasteiger partial charge in [0.25, 0.3) is 0 Å². The maximum atomic E-state index is 11.7. The number of likely N-dealkylation sites (N-methyl/N-ethyl adjacent to an activating group) is 1. The molecule has 16 heavy (non-hydrogen) atoms. The van der Waals surface area contributed by atoms with Crippen LogP contribution >= 0.6 is 0 Å². The molecule has 0 heterocycles. The Morgan fingerprint density at radius 2 is 1.69 bits per heavy atom. The van der Waals surface area contributed by atoms with Gasteiger partial charge in [-0.15, -0.1) is 0 Å². The van der Waals surface area contributed by atoms with Gasteiger partial charge in [-0.1, -0.05) is 0 Å². The van der Waals surface area contributed by atoms with Gasteiger partial charge in [-0.3, -0.25) is 4.79 Å². The zero-order chi connectivity index (χ0) is 12.9. The van der Waals surface area contributed by atoms with Gasteiger partial charge in [0, 0.05) is 20.6 Å². The van der Waals surface area contributed by atoms with E-state index in [2.05, 4.69) is 0 Å². The summed E-state index contributed by atoms with van der Waals surface area (Å²) in [6.07, 6.45) is -0.0847. The summed E-state index contributed by atoms with van der Waals surface area (Å²) in [5.41, 5.74) is -0.960. The number of urea groups is 1. The Labute approximate surface area is 95.5 Å². The van der Waals surface area contributed by atoms with Crippen molar-refractivity contribution in [2.75, 3.05) is 27.2 Å². The molecule has 0 saturated heterocycles. The second-order valence-corrected chi connectivity index (χ2v) is 4.52. The van der Waals surface area contributed by atoms with Crippen LogP contribution in [-0.4, -0.2) is 64.8 Å². The van der Waals surface area contributed by atoms with E-state index in [4.69, 9.17) is 5.11 Å². The number of aliphatic carboxylic acids is 1. The Hall–Kier alpha value is -1.30. The lowest BCUT2D eigenvalue weighted by molar-refractivity contribution is -0.137. The quantitative estimate of drug-likeness (QED) is 0.710. The van der Waals surface area contributed by atoms with E-state index in [0.29, 0.717) is 0 Å². The highest BCUT2D eigenvalue weighted by Crippen LogP contribution is 2.05. The van der Waals surface area contributed by atoms with Crippen LogP contribution in [0.1, 0.15) is 20.3 Å². The van der Waals surface area contributed by atoms with Gasteiger partial charge in [-0.2, -0.15) is 0 Å². The summed E-state index contributed by atoms with van der Waals surface area (Å²) in [6.45, 7) is 3.57. The Balaban J connectivity index is 4.17. The number of amides is 2. The molecule has 6 nitrogen and oxygen atoms in total. The van der Waals surface area contributed by atoms with Crippen LogP contribution in [0.3, 0.4) is 0 Å². The van der Waals surface area contributed by atoms with E-state index in [1.165, 1.54) is 16.8 Å². The second kappa shape index (κ2) is 5.69. The van der Waals surface area contributed by atoms with Crippen LogP contribution in [0.5, 0.6) is 0 Å². The SMILES string of the molecule is CN(CCC(=O)O)C(=O)N(C)CC(C)(C)O. The molecule has 0 aromatic rings. The van der Waals surface area contributed by atoms with Crippen LogP contribution in [0, 0.1) is 0 Å². The predicted molar refractivity (Wildman–Crippen MR) is 59.2 cm³/mol. The molecule has 0 saturated carbocycles. The topological polar surface area (TPSA) is 81.1 Å². The Morgan fingerprint density at radius 3 is 2.06 bits per heavy atom. The van der Waals surface area contributed by atoms with Crippen LogP contribution in [0.2, 0.25) is 0 Å². The van der Waals surface area contributed by atoms with Crippen molar-refractivity contribution >= 4 is 12.0 Å². The van der Waals surface area contributed by atoms with Gasteiger partial charge in [-0.05, 0) is 13.8 Å². The first-order valence-electron chi connectivity index (χ1n) is 5.04. The highest BCUT2D eigenvalue weighted by Gasteiger charge is 2.21. The van der Waals surface area contributed by atoms with Crippen molar-refractivity contribution in [3.05, 3.63) is 0 Å². The van der Waals surface area contributed by atoms with Gasteiger partial charge in [0.1, 0.15) is 0 Å². The van der Waals surface area contributed by atoms with Crippen molar-refractivity contribution in [1.29, 1.82) is 0 Å². The fourth-order valence-corrected chi connectivity index (χ4v) is 1.30. The minimum Gasteiger partial charge on any atom is -0.481 e. The number of rotatable bonds is 5. The number of hydrogen-bond donors (Lipinski definition) is 2. The lowest BCUT2D eigenvalue weighted by atomic mass is 10.1. The predicted octanol–water partition coefficient (Wildman–Crippen LogP) is 0.216. The molecule has 0 aromatic heterocycles. The molecule has 0 spiro atoms. The summed E-state index contributed by atoms with van der Waals surface area (Å²) in [6, 6.07) is -0.302. The number of carboxylic acid groups (broad SMARTS) is 1. The molecule has 0 aromatic carbocycles. The first kappa shape index (κ1) is 14.7. The van der Waals surface area contributed by atoms with E-state index in [1.807, 2.05) is 0 Å². The lowest BCUT2D eigenvalue weighted by Gasteiger charge is -2.29. The molecule has 0 atom stereocenters. The first-order chi connectivity index (χ1) is 7.13. The van der Waals surface area contributed by atoms with Gasteiger partial charge in [-0.25, -0.2) is 4.79 Å². The van der Waals surface area contributed by atoms with Crippen molar-refractivity contribution in [3.8, 4) is 0 Å².